The lowest BCUT2D eigenvalue weighted by Crippen LogP contribution is -2.46. The molecular formula is C13H17N3O3. The minimum atomic E-state index is -0.487. The molecule has 0 spiro atoms. The van der Waals surface area contributed by atoms with Crippen LogP contribution in [0, 0.1) is 10.1 Å². The monoisotopic (exact) mass is 263 g/mol. The van der Waals surface area contributed by atoms with Gasteiger partial charge in [0.2, 0.25) is 0 Å². The van der Waals surface area contributed by atoms with E-state index in [1.54, 1.807) is 24.1 Å². The second-order valence-electron chi connectivity index (χ2n) is 4.72. The standard InChI is InChI=1S/C13H17N3O3/c1-15(12-6-3-7-14-9-12)13(17)10-4-2-5-11(8-10)16(18)19/h2,4-5,8,12,14H,3,6-7,9H2,1H3. The van der Waals surface area contributed by atoms with Gasteiger partial charge in [-0.2, -0.15) is 0 Å². The van der Waals surface area contributed by atoms with E-state index in [9.17, 15) is 14.9 Å². The number of hydrogen-bond donors (Lipinski definition) is 1. The minimum absolute atomic E-state index is 0.0546. The fourth-order valence-corrected chi connectivity index (χ4v) is 2.29. The average Bonchev–Trinajstić information content (AvgIpc) is 2.46. The van der Waals surface area contributed by atoms with Gasteiger partial charge in [0.25, 0.3) is 11.6 Å². The summed E-state index contributed by atoms with van der Waals surface area (Å²) in [7, 11) is 1.75. The Kier molecular flexibility index (Phi) is 4.11. The Morgan fingerprint density at radius 2 is 2.32 bits per heavy atom. The van der Waals surface area contributed by atoms with Gasteiger partial charge in [0, 0.05) is 37.3 Å². The SMILES string of the molecule is CN(C(=O)c1cccc([N+](=O)[O-])c1)C1CCCNC1. The zero-order chi connectivity index (χ0) is 13.8. The molecule has 1 aliphatic heterocycles. The molecule has 1 aromatic carbocycles. The number of benzene rings is 1. The summed E-state index contributed by atoms with van der Waals surface area (Å²) >= 11 is 0. The molecule has 0 aliphatic carbocycles. The summed E-state index contributed by atoms with van der Waals surface area (Å²) < 4.78 is 0. The van der Waals surface area contributed by atoms with Gasteiger partial charge in [-0.15, -0.1) is 0 Å². The molecule has 0 radical (unpaired) electrons. The molecular weight excluding hydrogens is 246 g/mol. The molecule has 1 aromatic rings. The lowest BCUT2D eigenvalue weighted by Gasteiger charge is -2.31. The van der Waals surface area contributed by atoms with Crippen molar-refractivity contribution in [2.45, 2.75) is 18.9 Å². The molecule has 1 fully saturated rings. The summed E-state index contributed by atoms with van der Waals surface area (Å²) in [5, 5.41) is 14.0. The number of rotatable bonds is 3. The van der Waals surface area contributed by atoms with Crippen LogP contribution in [0.15, 0.2) is 24.3 Å². The van der Waals surface area contributed by atoms with Gasteiger partial charge >= 0.3 is 0 Å². The largest absolute Gasteiger partial charge is 0.337 e. The Bertz CT molecular complexity index is 484. The molecule has 1 amide bonds. The van der Waals surface area contributed by atoms with E-state index >= 15 is 0 Å². The quantitative estimate of drug-likeness (QED) is 0.661. The summed E-state index contributed by atoms with van der Waals surface area (Å²) in [5.74, 6) is -0.169. The number of nitro groups is 1. The molecule has 1 aliphatic rings. The fraction of sp³-hybridized carbons (Fsp3) is 0.462. The highest BCUT2D eigenvalue weighted by Crippen LogP contribution is 2.17. The van der Waals surface area contributed by atoms with E-state index in [4.69, 9.17) is 0 Å². The van der Waals surface area contributed by atoms with Crippen LogP contribution in [0.2, 0.25) is 0 Å². The normalized spacial score (nSPS) is 18.9. The van der Waals surface area contributed by atoms with Crippen molar-refractivity contribution >= 4 is 11.6 Å². The highest BCUT2D eigenvalue weighted by Gasteiger charge is 2.23. The second kappa shape index (κ2) is 5.79. The van der Waals surface area contributed by atoms with Crippen LogP contribution < -0.4 is 5.32 Å². The van der Waals surface area contributed by atoms with Crippen LogP contribution in [0.4, 0.5) is 5.69 Å². The zero-order valence-corrected chi connectivity index (χ0v) is 10.8. The highest BCUT2D eigenvalue weighted by molar-refractivity contribution is 5.94. The van der Waals surface area contributed by atoms with Crippen molar-refractivity contribution in [3.63, 3.8) is 0 Å². The van der Waals surface area contributed by atoms with Crippen LogP contribution in [0.25, 0.3) is 0 Å². The van der Waals surface area contributed by atoms with E-state index in [1.165, 1.54) is 12.1 Å². The lowest BCUT2D eigenvalue weighted by atomic mass is 10.1. The molecule has 1 atom stereocenters. The Morgan fingerprint density at radius 3 is 2.95 bits per heavy atom. The number of piperidine rings is 1. The van der Waals surface area contributed by atoms with Crippen molar-refractivity contribution in [3.05, 3.63) is 39.9 Å². The number of carbonyl (C=O) groups excluding carboxylic acids is 1. The van der Waals surface area contributed by atoms with Crippen molar-refractivity contribution in [1.82, 2.24) is 10.2 Å². The van der Waals surface area contributed by atoms with Gasteiger partial charge in [-0.3, -0.25) is 14.9 Å². The maximum absolute atomic E-state index is 12.3. The first-order valence-electron chi connectivity index (χ1n) is 6.32. The number of likely N-dealkylation sites (N-methyl/N-ethyl adjacent to an activating group) is 1. The lowest BCUT2D eigenvalue weighted by molar-refractivity contribution is -0.384. The Balaban J connectivity index is 2.14. The summed E-state index contributed by atoms with van der Waals surface area (Å²) in [5.41, 5.74) is 0.309. The fourth-order valence-electron chi connectivity index (χ4n) is 2.29. The molecule has 102 valence electrons. The zero-order valence-electron chi connectivity index (χ0n) is 10.8. The number of hydrogen-bond acceptors (Lipinski definition) is 4. The van der Waals surface area contributed by atoms with E-state index < -0.39 is 4.92 Å². The summed E-state index contributed by atoms with van der Waals surface area (Å²) in [4.78, 5) is 24.2. The topological polar surface area (TPSA) is 75.5 Å². The Hall–Kier alpha value is -1.95. The molecule has 0 aromatic heterocycles. The van der Waals surface area contributed by atoms with Gasteiger partial charge < -0.3 is 10.2 Å². The summed E-state index contributed by atoms with van der Waals surface area (Å²) in [6.07, 6.45) is 2.00. The number of amides is 1. The number of non-ortho nitro benzene ring substituents is 1. The molecule has 2 rings (SSSR count). The van der Waals surface area contributed by atoms with Gasteiger partial charge in [-0.25, -0.2) is 0 Å². The Morgan fingerprint density at radius 1 is 1.53 bits per heavy atom. The maximum atomic E-state index is 12.3. The first-order valence-corrected chi connectivity index (χ1v) is 6.32. The summed E-state index contributed by atoms with van der Waals surface area (Å²) in [6.45, 7) is 1.76. The van der Waals surface area contributed by atoms with Crippen molar-refractivity contribution in [2.75, 3.05) is 20.1 Å². The summed E-state index contributed by atoms with van der Waals surface area (Å²) in [6, 6.07) is 6.02. The third-order valence-electron chi connectivity index (χ3n) is 3.44. The first kappa shape index (κ1) is 13.5. The molecule has 1 heterocycles. The molecule has 6 nitrogen and oxygen atoms in total. The molecule has 0 bridgehead atoms. The van der Waals surface area contributed by atoms with Gasteiger partial charge in [0.15, 0.2) is 0 Å². The molecule has 6 heteroatoms. The Labute approximate surface area is 111 Å². The molecule has 1 N–H and O–H groups in total. The van der Waals surface area contributed by atoms with Crippen LogP contribution >= 0.6 is 0 Å². The molecule has 19 heavy (non-hydrogen) atoms. The van der Waals surface area contributed by atoms with E-state index in [1.807, 2.05) is 0 Å². The van der Waals surface area contributed by atoms with Crippen LogP contribution in [0.1, 0.15) is 23.2 Å². The van der Waals surface area contributed by atoms with Crippen LogP contribution in [-0.4, -0.2) is 41.9 Å². The number of nitrogens with one attached hydrogen (secondary N) is 1. The number of nitrogens with zero attached hydrogens (tertiary/aromatic N) is 2. The third kappa shape index (κ3) is 3.08. The number of nitro benzene ring substituents is 1. The van der Waals surface area contributed by atoms with Crippen molar-refractivity contribution in [3.8, 4) is 0 Å². The third-order valence-corrected chi connectivity index (χ3v) is 3.44. The van der Waals surface area contributed by atoms with E-state index in [0.29, 0.717) is 5.56 Å². The van der Waals surface area contributed by atoms with Gasteiger partial charge in [0.1, 0.15) is 0 Å². The van der Waals surface area contributed by atoms with E-state index in [-0.39, 0.29) is 17.6 Å². The van der Waals surface area contributed by atoms with Crippen molar-refractivity contribution in [2.24, 2.45) is 0 Å². The van der Waals surface area contributed by atoms with Gasteiger partial charge in [-0.1, -0.05) is 6.07 Å². The average molecular weight is 263 g/mol. The van der Waals surface area contributed by atoms with Gasteiger partial charge in [0.05, 0.1) is 4.92 Å². The molecule has 1 saturated heterocycles. The van der Waals surface area contributed by atoms with E-state index in [2.05, 4.69) is 5.32 Å². The van der Waals surface area contributed by atoms with Gasteiger partial charge in [-0.05, 0) is 25.5 Å². The predicted octanol–water partition coefficient (Wildman–Crippen LogP) is 1.42. The van der Waals surface area contributed by atoms with Crippen LogP contribution in [0.5, 0.6) is 0 Å². The predicted molar refractivity (Wildman–Crippen MR) is 71.1 cm³/mol. The van der Waals surface area contributed by atoms with Crippen molar-refractivity contribution < 1.29 is 9.72 Å². The first-order chi connectivity index (χ1) is 9.09. The van der Waals surface area contributed by atoms with Crippen LogP contribution in [-0.2, 0) is 0 Å². The van der Waals surface area contributed by atoms with Crippen molar-refractivity contribution in [1.29, 1.82) is 0 Å². The van der Waals surface area contributed by atoms with Crippen LogP contribution in [0.3, 0.4) is 0 Å². The maximum Gasteiger partial charge on any atom is 0.270 e. The molecule has 0 saturated carbocycles. The number of carbonyl (C=O) groups is 1. The minimum Gasteiger partial charge on any atom is -0.337 e. The smallest absolute Gasteiger partial charge is 0.270 e. The molecule has 1 unspecified atom stereocenters. The highest BCUT2D eigenvalue weighted by atomic mass is 16.6. The second-order valence-corrected chi connectivity index (χ2v) is 4.72. The van der Waals surface area contributed by atoms with E-state index in [0.717, 1.165) is 25.9 Å².